The van der Waals surface area contributed by atoms with E-state index >= 15 is 0 Å². The quantitative estimate of drug-likeness (QED) is 0.860. The van der Waals surface area contributed by atoms with Crippen LogP contribution in [0.3, 0.4) is 0 Å². The number of aryl methyl sites for hydroxylation is 1. The van der Waals surface area contributed by atoms with E-state index in [2.05, 4.69) is 12.2 Å². The molecule has 0 aliphatic carbocycles. The van der Waals surface area contributed by atoms with Gasteiger partial charge in [0.1, 0.15) is 5.75 Å². The summed E-state index contributed by atoms with van der Waals surface area (Å²) in [7, 11) is 0. The summed E-state index contributed by atoms with van der Waals surface area (Å²) in [5.74, 6) is -0.245. The summed E-state index contributed by atoms with van der Waals surface area (Å²) >= 11 is 0. The highest BCUT2D eigenvalue weighted by atomic mass is 16.5. The molecule has 1 atom stereocenters. The molecule has 2 aromatic carbocycles. The minimum Gasteiger partial charge on any atom is -0.481 e. The van der Waals surface area contributed by atoms with Crippen molar-refractivity contribution in [2.24, 2.45) is 5.73 Å². The van der Waals surface area contributed by atoms with Gasteiger partial charge >= 0.3 is 0 Å². The Bertz CT molecular complexity index is 678. The first-order chi connectivity index (χ1) is 11.0. The van der Waals surface area contributed by atoms with Gasteiger partial charge in [0.05, 0.1) is 0 Å². The fraction of sp³-hybridized carbons (Fsp3) is 0.222. The molecule has 0 saturated carbocycles. The van der Waals surface area contributed by atoms with Gasteiger partial charge in [-0.05, 0) is 55.3 Å². The molecule has 0 aliphatic rings. The normalized spacial score (nSPS) is 11.6. The molecule has 2 aromatic rings. The summed E-state index contributed by atoms with van der Waals surface area (Å²) in [6.45, 7) is 3.74. The second kappa shape index (κ2) is 7.45. The summed E-state index contributed by atoms with van der Waals surface area (Å²) in [6.07, 6.45) is 0.287. The average Bonchev–Trinajstić information content (AvgIpc) is 2.56. The van der Waals surface area contributed by atoms with Crippen molar-refractivity contribution in [2.45, 2.75) is 26.4 Å². The highest BCUT2D eigenvalue weighted by Gasteiger charge is 2.15. The van der Waals surface area contributed by atoms with Crippen LogP contribution in [0.25, 0.3) is 0 Å². The van der Waals surface area contributed by atoms with E-state index < -0.39 is 12.0 Å². The van der Waals surface area contributed by atoms with Crippen molar-refractivity contribution in [3.8, 4) is 5.75 Å². The number of hydrogen-bond donors (Lipinski definition) is 2. The summed E-state index contributed by atoms with van der Waals surface area (Å²) in [6, 6.07) is 14.0. The number of primary amides is 1. The summed E-state index contributed by atoms with van der Waals surface area (Å²) < 4.78 is 5.56. The average molecular weight is 312 g/mol. The first kappa shape index (κ1) is 16.5. The zero-order valence-electron chi connectivity index (χ0n) is 13.2. The van der Waals surface area contributed by atoms with Crippen LogP contribution in [0.5, 0.6) is 5.75 Å². The Hall–Kier alpha value is -2.82. The smallest absolute Gasteiger partial charge is 0.265 e. The third kappa shape index (κ3) is 4.57. The fourth-order valence-electron chi connectivity index (χ4n) is 2.02. The summed E-state index contributed by atoms with van der Waals surface area (Å²) in [5.41, 5.74) is 7.51. The Morgan fingerprint density at radius 2 is 1.70 bits per heavy atom. The zero-order valence-corrected chi connectivity index (χ0v) is 13.2. The molecule has 23 heavy (non-hydrogen) atoms. The molecule has 2 rings (SSSR count). The van der Waals surface area contributed by atoms with Crippen molar-refractivity contribution in [1.82, 2.24) is 0 Å². The minimum absolute atomic E-state index is 0.242. The van der Waals surface area contributed by atoms with Crippen LogP contribution in [0.15, 0.2) is 48.5 Å². The van der Waals surface area contributed by atoms with E-state index in [0.29, 0.717) is 11.3 Å². The molecule has 120 valence electrons. The van der Waals surface area contributed by atoms with Crippen LogP contribution in [0.4, 0.5) is 5.69 Å². The number of rotatable bonds is 6. The third-order valence-electron chi connectivity index (χ3n) is 3.45. The van der Waals surface area contributed by atoms with Crippen LogP contribution in [0.1, 0.15) is 29.8 Å². The van der Waals surface area contributed by atoms with E-state index in [-0.39, 0.29) is 5.91 Å². The van der Waals surface area contributed by atoms with Gasteiger partial charge in [-0.25, -0.2) is 0 Å². The maximum atomic E-state index is 12.1. The van der Waals surface area contributed by atoms with Gasteiger partial charge in [-0.1, -0.05) is 19.1 Å². The number of anilines is 1. The lowest BCUT2D eigenvalue weighted by Gasteiger charge is -2.15. The molecule has 0 fully saturated rings. The highest BCUT2D eigenvalue weighted by molar-refractivity contribution is 5.94. The Kier molecular flexibility index (Phi) is 5.36. The van der Waals surface area contributed by atoms with Crippen molar-refractivity contribution in [3.63, 3.8) is 0 Å². The molecule has 0 aliphatic heterocycles. The van der Waals surface area contributed by atoms with Crippen LogP contribution in [-0.4, -0.2) is 17.9 Å². The van der Waals surface area contributed by atoms with Gasteiger partial charge < -0.3 is 15.8 Å². The number of benzene rings is 2. The molecule has 0 spiro atoms. The predicted molar refractivity (Wildman–Crippen MR) is 89.5 cm³/mol. The molecule has 0 radical (unpaired) electrons. The lowest BCUT2D eigenvalue weighted by Crippen LogP contribution is -2.30. The monoisotopic (exact) mass is 312 g/mol. The number of nitrogens with one attached hydrogen (secondary N) is 1. The molecule has 0 unspecified atom stereocenters. The first-order valence-corrected chi connectivity index (χ1v) is 7.46. The third-order valence-corrected chi connectivity index (χ3v) is 3.45. The van der Waals surface area contributed by atoms with Gasteiger partial charge in [0.25, 0.3) is 5.91 Å². The van der Waals surface area contributed by atoms with Gasteiger partial charge in [-0.15, -0.1) is 0 Å². The molecule has 0 saturated heterocycles. The predicted octanol–water partition coefficient (Wildman–Crippen LogP) is 2.75. The van der Waals surface area contributed by atoms with Crippen LogP contribution in [0.2, 0.25) is 0 Å². The van der Waals surface area contributed by atoms with Gasteiger partial charge in [0.15, 0.2) is 6.10 Å². The minimum atomic E-state index is -0.666. The fourth-order valence-corrected chi connectivity index (χ4v) is 2.02. The molecular formula is C18H20N2O3. The molecule has 0 bridgehead atoms. The lowest BCUT2D eigenvalue weighted by atomic mass is 10.1. The lowest BCUT2D eigenvalue weighted by molar-refractivity contribution is -0.122. The molecule has 5 nitrogen and oxygen atoms in total. The molecule has 3 N–H and O–H groups in total. The van der Waals surface area contributed by atoms with Crippen LogP contribution >= 0.6 is 0 Å². The van der Waals surface area contributed by atoms with Crippen LogP contribution in [0, 0.1) is 0 Å². The summed E-state index contributed by atoms with van der Waals surface area (Å²) in [5, 5.41) is 2.80. The number of ether oxygens (including phenoxy) is 1. The maximum Gasteiger partial charge on any atom is 0.265 e. The summed E-state index contributed by atoms with van der Waals surface area (Å²) in [4.78, 5) is 23.1. The van der Waals surface area contributed by atoms with Crippen molar-refractivity contribution in [3.05, 3.63) is 59.7 Å². The van der Waals surface area contributed by atoms with Crippen molar-refractivity contribution in [1.29, 1.82) is 0 Å². The maximum absolute atomic E-state index is 12.1. The number of amides is 2. The van der Waals surface area contributed by atoms with E-state index in [0.717, 1.165) is 12.1 Å². The van der Waals surface area contributed by atoms with Gasteiger partial charge in [-0.3, -0.25) is 9.59 Å². The highest BCUT2D eigenvalue weighted by Crippen LogP contribution is 2.15. The van der Waals surface area contributed by atoms with E-state index in [1.807, 2.05) is 24.3 Å². The topological polar surface area (TPSA) is 81.4 Å². The Balaban J connectivity index is 1.94. The van der Waals surface area contributed by atoms with E-state index in [1.54, 1.807) is 31.2 Å². The Labute approximate surface area is 135 Å². The van der Waals surface area contributed by atoms with Gasteiger partial charge in [-0.2, -0.15) is 0 Å². The number of carbonyl (C=O) groups is 2. The molecular weight excluding hydrogens is 292 g/mol. The number of hydrogen-bond acceptors (Lipinski definition) is 3. The van der Waals surface area contributed by atoms with Gasteiger partial charge in [0.2, 0.25) is 5.91 Å². The van der Waals surface area contributed by atoms with Crippen LogP contribution in [-0.2, 0) is 11.2 Å². The van der Waals surface area contributed by atoms with Crippen molar-refractivity contribution >= 4 is 17.5 Å². The standard InChI is InChI=1S/C18H20N2O3/c1-3-13-4-8-15(9-5-13)20-18(22)12(2)23-16-10-6-14(7-11-16)17(19)21/h4-12H,3H2,1-2H3,(H2,19,21)(H,20,22)/t12-/m0/s1. The number of nitrogens with two attached hydrogens (primary N) is 1. The van der Waals surface area contributed by atoms with Gasteiger partial charge in [0, 0.05) is 11.3 Å². The van der Waals surface area contributed by atoms with Crippen molar-refractivity contribution in [2.75, 3.05) is 5.32 Å². The zero-order chi connectivity index (χ0) is 16.8. The van der Waals surface area contributed by atoms with Crippen LogP contribution < -0.4 is 15.8 Å². The molecule has 5 heteroatoms. The molecule has 2 amide bonds. The second-order valence-corrected chi connectivity index (χ2v) is 5.19. The molecule has 0 heterocycles. The SMILES string of the molecule is CCc1ccc(NC(=O)[C@H](C)Oc2ccc(C(N)=O)cc2)cc1. The van der Waals surface area contributed by atoms with E-state index in [4.69, 9.17) is 10.5 Å². The largest absolute Gasteiger partial charge is 0.481 e. The Morgan fingerprint density at radius 1 is 1.09 bits per heavy atom. The van der Waals surface area contributed by atoms with E-state index in [1.165, 1.54) is 5.56 Å². The molecule has 0 aromatic heterocycles. The van der Waals surface area contributed by atoms with Crippen molar-refractivity contribution < 1.29 is 14.3 Å². The number of carbonyl (C=O) groups excluding carboxylic acids is 2. The first-order valence-electron chi connectivity index (χ1n) is 7.46. The second-order valence-electron chi connectivity index (χ2n) is 5.19. The Morgan fingerprint density at radius 3 is 2.22 bits per heavy atom. The van der Waals surface area contributed by atoms with E-state index in [9.17, 15) is 9.59 Å².